The Morgan fingerprint density at radius 2 is 0.567 bits per heavy atom. The number of ether oxygens (including phenoxy) is 3. The second-order valence-electron chi connectivity index (χ2n) is 24.3. The number of aliphatic hydroxyl groups excluding tert-OH is 2. The lowest BCUT2D eigenvalue weighted by Crippen LogP contribution is -2.30. The van der Waals surface area contributed by atoms with Crippen LogP contribution in [0.2, 0.25) is 0 Å². The van der Waals surface area contributed by atoms with Crippen molar-refractivity contribution in [3.63, 3.8) is 0 Å². The zero-order chi connectivity index (χ0) is 70.9. The number of phosphoric acid groups is 2. The maximum atomic E-state index is 12.9. The summed E-state index contributed by atoms with van der Waals surface area (Å²) in [6.45, 7) is 2.33. The van der Waals surface area contributed by atoms with E-state index in [1.807, 2.05) is 18.2 Å². The van der Waals surface area contributed by atoms with Gasteiger partial charge in [-0.15, -0.1) is 0 Å². The van der Waals surface area contributed by atoms with Crippen LogP contribution in [0.5, 0.6) is 0 Å². The summed E-state index contributed by atoms with van der Waals surface area (Å²) in [4.78, 5) is 58.4. The molecule has 5 unspecified atom stereocenters. The molecule has 18 heteroatoms. The zero-order valence-electron chi connectivity index (χ0n) is 60.2. The van der Waals surface area contributed by atoms with Crippen molar-refractivity contribution in [1.29, 1.82) is 0 Å². The molecule has 0 aromatic heterocycles. The molecule has 554 valence electrons. The minimum absolute atomic E-state index is 0.0439. The maximum Gasteiger partial charge on any atom is 0.472 e. The van der Waals surface area contributed by atoms with Crippen molar-refractivity contribution in [2.75, 3.05) is 39.6 Å². The van der Waals surface area contributed by atoms with Gasteiger partial charge in [-0.2, -0.15) is 0 Å². The average molecular weight is 1400 g/mol. The van der Waals surface area contributed by atoms with Crippen molar-refractivity contribution >= 4 is 33.6 Å². The topological polar surface area (TPSA) is 231 Å². The molecule has 97 heavy (non-hydrogen) atoms. The summed E-state index contributed by atoms with van der Waals surface area (Å²) in [5.41, 5.74) is 0. The standard InChI is InChI=1S/C79H132O16P2/c1-4-7-10-13-16-19-22-24-26-28-30-31-32-33-34-35-36-37-38-39-40-41-43-45-46-48-51-53-56-59-62-65-77(82)89-68-74(80)69-91-96(85,86)92-70-75(81)71-93-97(87,88)94-73-76(95-79(84)67-64-61-58-55-50-21-18-15-12-9-6-3)72-90-78(83)66-63-60-57-54-52-49-47-44-42-29-27-25-23-20-17-14-11-8-5-2/h7-8,10-11,16-17,19-20,24-27,30-31,33-34,36-37,42,44,49,52,57,60,74-76,80-81H,4-6,9,12-15,18,21-23,28-29,32,35,38-41,43,45-48,50-51,53-56,58-59,61-73H2,1-3H3,(H,85,86)(H,87,88)/b10-7-,11-8-,19-16-,20-17-,26-24-,27-25-,31-30-,34-33-,37-36-,44-42-,52-49-,60-57-. The van der Waals surface area contributed by atoms with Gasteiger partial charge in [0, 0.05) is 19.3 Å². The molecule has 4 N–H and O–H groups in total. The number of allylic oxidation sites excluding steroid dienone is 24. The number of carbonyl (C=O) groups is 3. The van der Waals surface area contributed by atoms with E-state index in [2.05, 4.69) is 148 Å². The Hall–Kier alpha value is -4.57. The van der Waals surface area contributed by atoms with Crippen molar-refractivity contribution in [3.8, 4) is 0 Å². The number of unbranched alkanes of at least 4 members (excludes halogenated alkanes) is 22. The van der Waals surface area contributed by atoms with Crippen LogP contribution in [0.4, 0.5) is 0 Å². The monoisotopic (exact) mass is 1400 g/mol. The Kier molecular flexibility index (Phi) is 67.9. The normalized spacial score (nSPS) is 14.9. The van der Waals surface area contributed by atoms with Crippen molar-refractivity contribution < 1.29 is 75.8 Å². The fraction of sp³-hybridized carbons (Fsp3) is 0.658. The van der Waals surface area contributed by atoms with Crippen molar-refractivity contribution in [2.24, 2.45) is 0 Å². The highest BCUT2D eigenvalue weighted by molar-refractivity contribution is 7.47. The van der Waals surface area contributed by atoms with Gasteiger partial charge in [-0.25, -0.2) is 9.13 Å². The zero-order valence-corrected chi connectivity index (χ0v) is 62.0. The Morgan fingerprint density at radius 3 is 0.928 bits per heavy atom. The van der Waals surface area contributed by atoms with E-state index in [0.717, 1.165) is 122 Å². The molecule has 5 atom stereocenters. The lowest BCUT2D eigenvalue weighted by atomic mass is 10.0. The van der Waals surface area contributed by atoms with Crippen LogP contribution in [0.15, 0.2) is 146 Å². The van der Waals surface area contributed by atoms with E-state index in [1.165, 1.54) is 89.9 Å². The molecule has 0 amide bonds. The summed E-state index contributed by atoms with van der Waals surface area (Å²) < 4.78 is 60.8. The van der Waals surface area contributed by atoms with E-state index in [-0.39, 0.29) is 19.3 Å². The van der Waals surface area contributed by atoms with E-state index in [4.69, 9.17) is 32.3 Å². The number of rotatable bonds is 69. The summed E-state index contributed by atoms with van der Waals surface area (Å²) in [7, 11) is -9.80. The molecule has 0 aliphatic carbocycles. The molecule has 0 rings (SSSR count). The Labute approximate surface area is 587 Å². The number of esters is 3. The van der Waals surface area contributed by atoms with Gasteiger partial charge < -0.3 is 34.2 Å². The number of phosphoric ester groups is 2. The molecule has 0 aromatic carbocycles. The number of hydrogen-bond donors (Lipinski definition) is 4. The highest BCUT2D eigenvalue weighted by Gasteiger charge is 2.29. The van der Waals surface area contributed by atoms with Gasteiger partial charge in [0.1, 0.15) is 25.4 Å². The second-order valence-corrected chi connectivity index (χ2v) is 27.2. The van der Waals surface area contributed by atoms with Crippen molar-refractivity contribution in [2.45, 2.75) is 296 Å². The number of aliphatic hydroxyl groups is 2. The van der Waals surface area contributed by atoms with Crippen LogP contribution in [-0.2, 0) is 55.8 Å². The third-order valence-corrected chi connectivity index (χ3v) is 17.0. The highest BCUT2D eigenvalue weighted by atomic mass is 31.2. The van der Waals surface area contributed by atoms with Crippen LogP contribution >= 0.6 is 15.6 Å². The lowest BCUT2D eigenvalue weighted by Gasteiger charge is -2.21. The quantitative estimate of drug-likeness (QED) is 0.0146. The van der Waals surface area contributed by atoms with Crippen LogP contribution < -0.4 is 0 Å². The van der Waals surface area contributed by atoms with Gasteiger partial charge in [0.2, 0.25) is 0 Å². The summed E-state index contributed by atoms with van der Waals surface area (Å²) in [6, 6.07) is 0. The fourth-order valence-corrected chi connectivity index (χ4v) is 11.1. The van der Waals surface area contributed by atoms with E-state index in [9.17, 15) is 43.5 Å². The molecule has 16 nitrogen and oxygen atoms in total. The molecular weight excluding hydrogens is 1270 g/mol. The number of hydrogen-bond acceptors (Lipinski definition) is 14. The molecule has 0 saturated carbocycles. The van der Waals surface area contributed by atoms with E-state index < -0.39 is 91.5 Å². The SMILES string of the molecule is CC/C=C\C/C=C\C/C=C\C/C=C\C/C=C\C/C=C\CCCCCCCCCCCCCCC(=O)OCC(O)COP(=O)(O)OCC(O)COP(=O)(O)OCC(COC(=O)CC/C=C\C/C=C\C/C=C\C/C=C\C/C=C\C/C=C\CC)OC(=O)CCCCCCCCCCCCC. The molecule has 0 bridgehead atoms. The van der Waals surface area contributed by atoms with Crippen molar-refractivity contribution in [3.05, 3.63) is 146 Å². The fourth-order valence-electron chi connectivity index (χ4n) is 9.48. The third kappa shape index (κ3) is 72.5. The maximum absolute atomic E-state index is 12.9. The van der Waals surface area contributed by atoms with Crippen LogP contribution in [0.3, 0.4) is 0 Å². The molecule has 0 radical (unpaired) electrons. The van der Waals surface area contributed by atoms with Crippen LogP contribution in [0.1, 0.15) is 278 Å². The molecule has 0 spiro atoms. The first kappa shape index (κ1) is 92.4. The van der Waals surface area contributed by atoms with Crippen LogP contribution in [0, 0.1) is 0 Å². The van der Waals surface area contributed by atoms with Gasteiger partial charge in [0.25, 0.3) is 0 Å². The van der Waals surface area contributed by atoms with Gasteiger partial charge in [-0.05, 0) is 109 Å². The first-order chi connectivity index (χ1) is 47.2. The minimum atomic E-state index is -4.94. The van der Waals surface area contributed by atoms with E-state index >= 15 is 0 Å². The molecule has 0 heterocycles. The first-order valence-corrected chi connectivity index (χ1v) is 40.1. The Bertz CT molecular complexity index is 2350. The van der Waals surface area contributed by atoms with Gasteiger partial charge in [-0.3, -0.25) is 32.5 Å². The van der Waals surface area contributed by atoms with E-state index in [0.29, 0.717) is 25.7 Å². The average Bonchev–Trinajstić information content (AvgIpc) is 2.81. The smallest absolute Gasteiger partial charge is 0.463 e. The predicted octanol–water partition coefficient (Wildman–Crippen LogP) is 21.3. The molecule has 0 aromatic rings. The predicted molar refractivity (Wildman–Crippen MR) is 399 cm³/mol. The lowest BCUT2D eigenvalue weighted by molar-refractivity contribution is -0.161. The van der Waals surface area contributed by atoms with Crippen molar-refractivity contribution in [1.82, 2.24) is 0 Å². The minimum Gasteiger partial charge on any atom is -0.463 e. The van der Waals surface area contributed by atoms with Crippen LogP contribution in [0.25, 0.3) is 0 Å². The van der Waals surface area contributed by atoms with Gasteiger partial charge in [-0.1, -0.05) is 295 Å². The Morgan fingerprint density at radius 1 is 0.299 bits per heavy atom. The highest BCUT2D eigenvalue weighted by Crippen LogP contribution is 2.45. The van der Waals surface area contributed by atoms with E-state index in [1.54, 1.807) is 0 Å². The summed E-state index contributed by atoms with van der Waals surface area (Å²) in [5, 5.41) is 20.6. The van der Waals surface area contributed by atoms with Crippen LogP contribution in [-0.4, -0.2) is 95.9 Å². The largest absolute Gasteiger partial charge is 0.472 e. The molecule has 0 fully saturated rings. The van der Waals surface area contributed by atoms with Gasteiger partial charge >= 0.3 is 33.6 Å². The second kappa shape index (κ2) is 71.3. The molecule has 0 aliphatic heterocycles. The third-order valence-electron chi connectivity index (χ3n) is 15.1. The Balaban J connectivity index is 4.47. The van der Waals surface area contributed by atoms with Gasteiger partial charge in [0.05, 0.1) is 26.4 Å². The number of carbonyl (C=O) groups excluding carboxylic acids is 3. The summed E-state index contributed by atoms with van der Waals surface area (Å²) >= 11 is 0. The summed E-state index contributed by atoms with van der Waals surface area (Å²) in [5.74, 6) is -1.68. The molecule has 0 saturated heterocycles. The van der Waals surface area contributed by atoms with Gasteiger partial charge in [0.15, 0.2) is 6.10 Å². The molecular formula is C79H132O16P2. The summed E-state index contributed by atoms with van der Waals surface area (Å²) in [6.07, 6.45) is 86.5. The molecule has 0 aliphatic rings. The first-order valence-electron chi connectivity index (χ1n) is 37.1.